The van der Waals surface area contributed by atoms with E-state index in [2.05, 4.69) is 29.1 Å². The van der Waals surface area contributed by atoms with E-state index in [1.807, 2.05) is 12.1 Å². The highest BCUT2D eigenvalue weighted by atomic mass is 19.1. The topological polar surface area (TPSA) is 37.8 Å². The molecule has 0 saturated heterocycles. The second-order valence-electron chi connectivity index (χ2n) is 4.53. The second kappa shape index (κ2) is 6.38. The molecule has 4 heteroatoms. The number of nitrogens with one attached hydrogen (secondary N) is 1. The van der Waals surface area contributed by atoms with Crippen molar-refractivity contribution < 1.29 is 4.39 Å². The third kappa shape index (κ3) is 3.58. The Morgan fingerprint density at radius 1 is 1.21 bits per heavy atom. The Kier molecular flexibility index (Phi) is 4.58. The molecule has 2 aromatic rings. The lowest BCUT2D eigenvalue weighted by Crippen LogP contribution is -2.25. The Labute approximate surface area is 112 Å². The predicted octanol–water partition coefficient (Wildman–Crippen LogP) is 3.42. The average Bonchev–Trinajstić information content (AvgIpc) is 2.46. The SMILES string of the molecule is CCC(N[C@@H](C)c1ccncc1)c1ccc(F)cn1. The Hall–Kier alpha value is -1.81. The van der Waals surface area contributed by atoms with Gasteiger partial charge in [-0.1, -0.05) is 6.92 Å². The molecule has 0 amide bonds. The van der Waals surface area contributed by atoms with Gasteiger partial charge in [0, 0.05) is 24.5 Å². The highest BCUT2D eigenvalue weighted by molar-refractivity contribution is 5.16. The summed E-state index contributed by atoms with van der Waals surface area (Å²) >= 11 is 0. The number of halogens is 1. The quantitative estimate of drug-likeness (QED) is 0.894. The zero-order valence-corrected chi connectivity index (χ0v) is 11.2. The first-order valence-electron chi connectivity index (χ1n) is 6.48. The molecule has 0 bridgehead atoms. The van der Waals surface area contributed by atoms with Gasteiger partial charge in [-0.3, -0.25) is 9.97 Å². The maximum Gasteiger partial charge on any atom is 0.141 e. The van der Waals surface area contributed by atoms with Gasteiger partial charge in [-0.25, -0.2) is 4.39 Å². The van der Waals surface area contributed by atoms with E-state index < -0.39 is 0 Å². The van der Waals surface area contributed by atoms with Crippen LogP contribution >= 0.6 is 0 Å². The molecular formula is C15H18FN3. The molecule has 2 aromatic heterocycles. The van der Waals surface area contributed by atoms with Crippen molar-refractivity contribution >= 4 is 0 Å². The molecule has 0 radical (unpaired) electrons. The van der Waals surface area contributed by atoms with E-state index in [1.165, 1.54) is 17.8 Å². The number of pyridine rings is 2. The van der Waals surface area contributed by atoms with Crippen LogP contribution in [0.25, 0.3) is 0 Å². The van der Waals surface area contributed by atoms with Gasteiger partial charge in [0.25, 0.3) is 0 Å². The number of hydrogen-bond acceptors (Lipinski definition) is 3. The second-order valence-corrected chi connectivity index (χ2v) is 4.53. The normalized spacial score (nSPS) is 14.1. The van der Waals surface area contributed by atoms with Crippen molar-refractivity contribution in [2.24, 2.45) is 0 Å². The fourth-order valence-corrected chi connectivity index (χ4v) is 2.06. The minimum atomic E-state index is -0.305. The van der Waals surface area contributed by atoms with Crippen LogP contribution in [0.3, 0.4) is 0 Å². The van der Waals surface area contributed by atoms with Crippen LogP contribution in [-0.2, 0) is 0 Å². The van der Waals surface area contributed by atoms with Crippen LogP contribution < -0.4 is 5.32 Å². The molecule has 100 valence electrons. The Bertz CT molecular complexity index is 499. The van der Waals surface area contributed by atoms with Crippen molar-refractivity contribution in [2.75, 3.05) is 0 Å². The molecule has 0 aliphatic carbocycles. The molecular weight excluding hydrogens is 241 g/mol. The average molecular weight is 259 g/mol. The molecule has 2 rings (SSSR count). The maximum absolute atomic E-state index is 12.9. The summed E-state index contributed by atoms with van der Waals surface area (Å²) in [6.45, 7) is 4.18. The summed E-state index contributed by atoms with van der Waals surface area (Å²) in [5.74, 6) is -0.305. The first-order chi connectivity index (χ1) is 9.20. The van der Waals surface area contributed by atoms with E-state index in [0.29, 0.717) is 0 Å². The standard InChI is InChI=1S/C15H18FN3/c1-3-14(15-5-4-13(16)10-18-15)19-11(2)12-6-8-17-9-7-12/h4-11,14,19H,3H2,1-2H3/t11-,14?/m0/s1. The van der Waals surface area contributed by atoms with Gasteiger partial charge in [0.1, 0.15) is 5.82 Å². The van der Waals surface area contributed by atoms with E-state index in [1.54, 1.807) is 18.5 Å². The van der Waals surface area contributed by atoms with Crippen molar-refractivity contribution in [3.8, 4) is 0 Å². The van der Waals surface area contributed by atoms with Crippen molar-refractivity contribution in [1.82, 2.24) is 15.3 Å². The van der Waals surface area contributed by atoms with E-state index in [4.69, 9.17) is 0 Å². The van der Waals surface area contributed by atoms with Gasteiger partial charge in [-0.2, -0.15) is 0 Å². The lowest BCUT2D eigenvalue weighted by atomic mass is 10.1. The van der Waals surface area contributed by atoms with E-state index in [-0.39, 0.29) is 17.9 Å². The summed E-state index contributed by atoms with van der Waals surface area (Å²) in [5, 5.41) is 3.51. The Morgan fingerprint density at radius 2 is 1.95 bits per heavy atom. The number of nitrogens with zero attached hydrogens (tertiary/aromatic N) is 2. The number of aromatic nitrogens is 2. The third-order valence-electron chi connectivity index (χ3n) is 3.17. The lowest BCUT2D eigenvalue weighted by Gasteiger charge is -2.22. The minimum Gasteiger partial charge on any atom is -0.302 e. The molecule has 0 aliphatic heterocycles. The summed E-state index contributed by atoms with van der Waals surface area (Å²) in [6.07, 6.45) is 5.72. The summed E-state index contributed by atoms with van der Waals surface area (Å²) in [4.78, 5) is 8.16. The van der Waals surface area contributed by atoms with Crippen LogP contribution in [0.4, 0.5) is 4.39 Å². The van der Waals surface area contributed by atoms with Crippen molar-refractivity contribution in [3.05, 3.63) is 59.9 Å². The third-order valence-corrected chi connectivity index (χ3v) is 3.17. The lowest BCUT2D eigenvalue weighted by molar-refractivity contribution is 0.446. The maximum atomic E-state index is 12.9. The molecule has 0 fully saturated rings. The van der Waals surface area contributed by atoms with E-state index >= 15 is 0 Å². The molecule has 2 atom stereocenters. The number of hydrogen-bond donors (Lipinski definition) is 1. The zero-order chi connectivity index (χ0) is 13.7. The molecule has 2 heterocycles. The summed E-state index contributed by atoms with van der Waals surface area (Å²) in [7, 11) is 0. The van der Waals surface area contributed by atoms with Crippen LogP contribution in [-0.4, -0.2) is 9.97 Å². The minimum absolute atomic E-state index is 0.115. The number of rotatable bonds is 5. The summed E-state index contributed by atoms with van der Waals surface area (Å²) < 4.78 is 12.9. The van der Waals surface area contributed by atoms with E-state index in [9.17, 15) is 4.39 Å². The molecule has 0 aliphatic rings. The first-order valence-corrected chi connectivity index (χ1v) is 6.48. The molecule has 0 saturated carbocycles. The van der Waals surface area contributed by atoms with Gasteiger partial charge in [0.05, 0.1) is 11.9 Å². The molecule has 1 N–H and O–H groups in total. The van der Waals surface area contributed by atoms with Gasteiger partial charge in [0.2, 0.25) is 0 Å². The van der Waals surface area contributed by atoms with Crippen LogP contribution in [0.5, 0.6) is 0 Å². The Balaban J connectivity index is 2.09. The largest absolute Gasteiger partial charge is 0.302 e. The monoisotopic (exact) mass is 259 g/mol. The van der Waals surface area contributed by atoms with Gasteiger partial charge in [-0.05, 0) is 43.2 Å². The zero-order valence-electron chi connectivity index (χ0n) is 11.2. The van der Waals surface area contributed by atoms with E-state index in [0.717, 1.165) is 12.1 Å². The first kappa shape index (κ1) is 13.6. The molecule has 1 unspecified atom stereocenters. The molecule has 19 heavy (non-hydrogen) atoms. The smallest absolute Gasteiger partial charge is 0.141 e. The van der Waals surface area contributed by atoms with Gasteiger partial charge in [-0.15, -0.1) is 0 Å². The van der Waals surface area contributed by atoms with Crippen molar-refractivity contribution in [3.63, 3.8) is 0 Å². The van der Waals surface area contributed by atoms with Crippen LogP contribution in [0.15, 0.2) is 42.9 Å². The fourth-order valence-electron chi connectivity index (χ4n) is 2.06. The summed E-state index contributed by atoms with van der Waals surface area (Å²) in [6, 6.07) is 7.47. The van der Waals surface area contributed by atoms with Gasteiger partial charge >= 0.3 is 0 Å². The predicted molar refractivity (Wildman–Crippen MR) is 73.0 cm³/mol. The van der Waals surface area contributed by atoms with Crippen LogP contribution in [0, 0.1) is 5.82 Å². The van der Waals surface area contributed by atoms with Crippen molar-refractivity contribution in [1.29, 1.82) is 0 Å². The molecule has 3 nitrogen and oxygen atoms in total. The van der Waals surface area contributed by atoms with Gasteiger partial charge in [0.15, 0.2) is 0 Å². The highest BCUT2D eigenvalue weighted by Crippen LogP contribution is 2.20. The summed E-state index contributed by atoms with van der Waals surface area (Å²) in [5.41, 5.74) is 2.04. The molecule has 0 aromatic carbocycles. The van der Waals surface area contributed by atoms with Crippen molar-refractivity contribution in [2.45, 2.75) is 32.4 Å². The highest BCUT2D eigenvalue weighted by Gasteiger charge is 2.14. The Morgan fingerprint density at radius 3 is 2.53 bits per heavy atom. The molecule has 0 spiro atoms. The van der Waals surface area contributed by atoms with Crippen LogP contribution in [0.1, 0.15) is 43.6 Å². The van der Waals surface area contributed by atoms with Crippen LogP contribution in [0.2, 0.25) is 0 Å². The fraction of sp³-hybridized carbons (Fsp3) is 0.333. The van der Waals surface area contributed by atoms with Gasteiger partial charge < -0.3 is 5.32 Å².